The number of rotatable bonds is 8. The molecular formula is C16H35NaO4S2. The Morgan fingerprint density at radius 1 is 0.913 bits per heavy atom. The van der Waals surface area contributed by atoms with Gasteiger partial charge in [0.15, 0.2) is 0 Å². The molecule has 0 aromatic carbocycles. The van der Waals surface area contributed by atoms with E-state index in [9.17, 15) is 0 Å². The molecule has 0 spiro atoms. The third-order valence-electron chi connectivity index (χ3n) is 3.90. The molecule has 0 saturated carbocycles. The Labute approximate surface area is 169 Å². The summed E-state index contributed by atoms with van der Waals surface area (Å²) in [5.74, 6) is 1.43. The van der Waals surface area contributed by atoms with Crippen molar-refractivity contribution in [1.29, 1.82) is 0 Å². The van der Waals surface area contributed by atoms with Gasteiger partial charge >= 0.3 is 40.0 Å². The van der Waals surface area contributed by atoms with Gasteiger partial charge in [-0.1, -0.05) is 71.1 Å². The number of hydrogen-bond acceptors (Lipinski definition) is 3. The third kappa shape index (κ3) is 25.6. The van der Waals surface area contributed by atoms with Crippen LogP contribution in [0.15, 0.2) is 0 Å². The molecule has 1 heterocycles. The van der Waals surface area contributed by atoms with Crippen LogP contribution in [0.4, 0.5) is 0 Å². The Kier molecular flexibility index (Phi) is 20.7. The fourth-order valence-corrected chi connectivity index (χ4v) is 4.09. The summed E-state index contributed by atoms with van der Waals surface area (Å²) in [7, 11) is -4.67. The summed E-state index contributed by atoms with van der Waals surface area (Å²) in [5, 5.41) is 1.01. The third-order valence-corrected chi connectivity index (χ3v) is 5.37. The van der Waals surface area contributed by atoms with Crippen LogP contribution < -0.4 is 0 Å². The summed E-state index contributed by atoms with van der Waals surface area (Å²) < 4.78 is 31.6. The maximum atomic E-state index is 8.74. The van der Waals surface area contributed by atoms with Crippen LogP contribution in [-0.2, 0) is 10.4 Å². The monoisotopic (exact) mass is 378 g/mol. The van der Waals surface area contributed by atoms with Gasteiger partial charge in [-0.25, -0.2) is 0 Å². The van der Waals surface area contributed by atoms with Gasteiger partial charge in [-0.3, -0.25) is 9.11 Å². The van der Waals surface area contributed by atoms with Crippen molar-refractivity contribution < 1.29 is 17.5 Å². The first-order chi connectivity index (χ1) is 10.4. The molecule has 0 aromatic rings. The van der Waals surface area contributed by atoms with Crippen LogP contribution in [-0.4, -0.2) is 58.1 Å². The number of unbranched alkanes of at least 4 members (excludes halogenated alkanes) is 6. The van der Waals surface area contributed by atoms with Gasteiger partial charge in [-0.2, -0.15) is 20.2 Å². The second-order valence-electron chi connectivity index (χ2n) is 6.05. The molecule has 1 rings (SSSR count). The van der Waals surface area contributed by atoms with Crippen LogP contribution in [0.5, 0.6) is 0 Å². The van der Waals surface area contributed by atoms with E-state index < -0.39 is 10.4 Å². The summed E-state index contributed by atoms with van der Waals surface area (Å²) in [6, 6.07) is 0. The van der Waals surface area contributed by atoms with E-state index in [0.717, 1.165) is 5.25 Å². The van der Waals surface area contributed by atoms with Gasteiger partial charge in [0.25, 0.3) is 0 Å². The quantitative estimate of drug-likeness (QED) is 0.357. The van der Waals surface area contributed by atoms with Crippen LogP contribution in [0.2, 0.25) is 0 Å². The van der Waals surface area contributed by atoms with Crippen LogP contribution in [0, 0.1) is 0 Å². The molecule has 0 amide bonds. The first kappa shape index (κ1) is 26.4. The predicted octanol–water partition coefficient (Wildman–Crippen LogP) is 4.89. The molecule has 0 bridgehead atoms. The molecule has 1 aliphatic rings. The summed E-state index contributed by atoms with van der Waals surface area (Å²) in [5.41, 5.74) is 0. The normalized spacial score (nSPS) is 18.8. The second-order valence-corrected chi connectivity index (χ2v) is 8.36. The first-order valence-electron chi connectivity index (χ1n) is 8.75. The van der Waals surface area contributed by atoms with Gasteiger partial charge in [0.1, 0.15) is 0 Å². The van der Waals surface area contributed by atoms with Gasteiger partial charge in [-0.05, 0) is 25.0 Å². The Morgan fingerprint density at radius 2 is 1.43 bits per heavy atom. The van der Waals surface area contributed by atoms with E-state index in [1.54, 1.807) is 0 Å². The Hall–Kier alpha value is 1.22. The zero-order valence-corrected chi connectivity index (χ0v) is 15.6. The van der Waals surface area contributed by atoms with Crippen molar-refractivity contribution in [2.45, 2.75) is 95.6 Å². The number of thioether (sulfide) groups is 1. The van der Waals surface area contributed by atoms with Gasteiger partial charge in [0.2, 0.25) is 0 Å². The molecule has 1 atom stereocenters. The minimum atomic E-state index is -4.67. The fourth-order valence-electron chi connectivity index (χ4n) is 2.72. The van der Waals surface area contributed by atoms with Crippen LogP contribution in [0.25, 0.3) is 0 Å². The molecule has 1 fully saturated rings. The average molecular weight is 379 g/mol. The zero-order valence-electron chi connectivity index (χ0n) is 14.0. The standard InChI is InChI=1S/C16H32S.Na.H2O4S.H/c1-2-3-4-5-6-7-10-13-16-14-11-8-9-12-15-17-16;;1-5(2,3)4;/h16H,2-15H2,1H3;;(H2,1,2,3,4);. The van der Waals surface area contributed by atoms with Crippen molar-refractivity contribution in [2.75, 3.05) is 5.75 Å². The van der Waals surface area contributed by atoms with E-state index in [1.165, 1.54) is 89.2 Å². The molecule has 1 aliphatic heterocycles. The van der Waals surface area contributed by atoms with E-state index in [-0.39, 0.29) is 29.6 Å². The van der Waals surface area contributed by atoms with E-state index in [1.807, 2.05) is 0 Å². The molecule has 4 nitrogen and oxygen atoms in total. The Morgan fingerprint density at radius 3 is 2.04 bits per heavy atom. The molecule has 2 N–H and O–H groups in total. The van der Waals surface area contributed by atoms with E-state index in [4.69, 9.17) is 17.5 Å². The number of hydrogen-bond donors (Lipinski definition) is 2. The van der Waals surface area contributed by atoms with Crippen LogP contribution >= 0.6 is 11.8 Å². The Balaban J connectivity index is 0. The molecule has 0 aromatic heterocycles. The fraction of sp³-hybridized carbons (Fsp3) is 1.00. The summed E-state index contributed by atoms with van der Waals surface area (Å²) >= 11 is 2.27. The van der Waals surface area contributed by atoms with E-state index >= 15 is 0 Å². The maximum absolute atomic E-state index is 8.74. The van der Waals surface area contributed by atoms with Gasteiger partial charge in [-0.15, -0.1) is 0 Å². The average Bonchev–Trinajstić information content (AvgIpc) is 2.37. The van der Waals surface area contributed by atoms with Gasteiger partial charge in [0, 0.05) is 5.25 Å². The zero-order chi connectivity index (χ0) is 16.7. The molecule has 1 saturated heterocycles. The summed E-state index contributed by atoms with van der Waals surface area (Å²) in [6.45, 7) is 2.30. The van der Waals surface area contributed by atoms with Crippen molar-refractivity contribution in [3.05, 3.63) is 0 Å². The SMILES string of the molecule is CCCCCCCCCC1CCCCCCS1.O=S(=O)(O)O.[NaH]. The molecule has 7 heteroatoms. The molecular weight excluding hydrogens is 343 g/mol. The first-order valence-corrected chi connectivity index (χ1v) is 11.2. The van der Waals surface area contributed by atoms with Crippen molar-refractivity contribution in [3.8, 4) is 0 Å². The van der Waals surface area contributed by atoms with E-state index in [2.05, 4.69) is 18.7 Å². The minimum absolute atomic E-state index is 0. The van der Waals surface area contributed by atoms with E-state index in [0.29, 0.717) is 0 Å². The van der Waals surface area contributed by atoms with Crippen LogP contribution in [0.1, 0.15) is 90.4 Å². The van der Waals surface area contributed by atoms with Crippen molar-refractivity contribution in [1.82, 2.24) is 0 Å². The molecule has 136 valence electrons. The predicted molar refractivity (Wildman–Crippen MR) is 103 cm³/mol. The second kappa shape index (κ2) is 18.0. The molecule has 1 unspecified atom stereocenters. The summed E-state index contributed by atoms with van der Waals surface area (Å²) in [4.78, 5) is 0. The van der Waals surface area contributed by atoms with Crippen molar-refractivity contribution in [3.63, 3.8) is 0 Å². The Bertz CT molecular complexity index is 321. The molecule has 0 aliphatic carbocycles. The van der Waals surface area contributed by atoms with Crippen molar-refractivity contribution in [2.24, 2.45) is 0 Å². The van der Waals surface area contributed by atoms with Gasteiger partial charge in [0.05, 0.1) is 0 Å². The van der Waals surface area contributed by atoms with Crippen LogP contribution in [0.3, 0.4) is 0 Å². The van der Waals surface area contributed by atoms with Crippen molar-refractivity contribution >= 4 is 51.7 Å². The molecule has 0 radical (unpaired) electrons. The summed E-state index contributed by atoms with van der Waals surface area (Å²) in [6.07, 6.45) is 19.2. The van der Waals surface area contributed by atoms with Gasteiger partial charge < -0.3 is 0 Å². The molecule has 23 heavy (non-hydrogen) atoms. The topological polar surface area (TPSA) is 74.6 Å².